The van der Waals surface area contributed by atoms with E-state index < -0.39 is 29.8 Å². The van der Waals surface area contributed by atoms with Crippen molar-refractivity contribution < 1.29 is 23.4 Å². The Labute approximate surface area is 176 Å². The van der Waals surface area contributed by atoms with Gasteiger partial charge in [0.2, 0.25) is 0 Å². The van der Waals surface area contributed by atoms with E-state index in [0.717, 1.165) is 0 Å². The minimum Gasteiger partial charge on any atom is -0.458 e. The molecule has 1 fully saturated rings. The Morgan fingerprint density at radius 1 is 1.06 bits per heavy atom. The van der Waals surface area contributed by atoms with Crippen molar-refractivity contribution in [2.24, 2.45) is 0 Å². The zero-order valence-corrected chi connectivity index (χ0v) is 16.2. The first-order valence-electron chi connectivity index (χ1n) is 9.55. The predicted molar refractivity (Wildman–Crippen MR) is 107 cm³/mol. The zero-order chi connectivity index (χ0) is 21.8. The molecule has 7 nitrogen and oxygen atoms in total. The number of benzene rings is 2. The highest BCUT2D eigenvalue weighted by atomic mass is 19.1. The van der Waals surface area contributed by atoms with E-state index in [0.29, 0.717) is 22.4 Å². The smallest absolute Gasteiger partial charge is 0.309 e. The SMILES string of the molecule is O=C1C[C@@H](O)C[C@H](C=CC(=C(c2ccc(F)cc2)c2ccc(F)cc2)n2cnnn2)O1. The maximum Gasteiger partial charge on any atom is 0.309 e. The zero-order valence-electron chi connectivity index (χ0n) is 16.2. The Bertz CT molecular complexity index is 1060. The molecule has 0 bridgehead atoms. The lowest BCUT2D eigenvalue weighted by molar-refractivity contribution is -0.156. The van der Waals surface area contributed by atoms with Crippen LogP contribution < -0.4 is 0 Å². The number of rotatable bonds is 5. The molecular formula is C22H18F2N4O3. The maximum absolute atomic E-state index is 13.6. The number of tetrazole rings is 1. The molecule has 0 saturated carbocycles. The molecule has 4 rings (SSSR count). The highest BCUT2D eigenvalue weighted by Crippen LogP contribution is 2.30. The highest BCUT2D eigenvalue weighted by molar-refractivity contribution is 5.96. The number of aromatic nitrogens is 4. The second-order valence-corrected chi connectivity index (χ2v) is 7.01. The van der Waals surface area contributed by atoms with Crippen LogP contribution in [-0.2, 0) is 9.53 Å². The van der Waals surface area contributed by atoms with Gasteiger partial charge in [0.25, 0.3) is 0 Å². The molecule has 31 heavy (non-hydrogen) atoms. The molecule has 0 spiro atoms. The number of carbonyl (C=O) groups is 1. The highest BCUT2D eigenvalue weighted by Gasteiger charge is 2.25. The Hall–Kier alpha value is -3.72. The van der Waals surface area contributed by atoms with Crippen molar-refractivity contribution in [3.63, 3.8) is 0 Å². The number of esters is 1. The summed E-state index contributed by atoms with van der Waals surface area (Å²) in [4.78, 5) is 11.7. The number of hydrogen-bond donors (Lipinski definition) is 1. The van der Waals surface area contributed by atoms with Gasteiger partial charge in [0.05, 0.1) is 18.2 Å². The summed E-state index contributed by atoms with van der Waals surface area (Å²) in [5.74, 6) is -1.28. The second-order valence-electron chi connectivity index (χ2n) is 7.01. The molecule has 3 aromatic rings. The third-order valence-electron chi connectivity index (χ3n) is 4.78. The summed E-state index contributed by atoms with van der Waals surface area (Å²) in [5.41, 5.74) is 2.37. The monoisotopic (exact) mass is 424 g/mol. The van der Waals surface area contributed by atoms with E-state index in [1.165, 1.54) is 35.3 Å². The number of cyclic esters (lactones) is 1. The average molecular weight is 424 g/mol. The number of ether oxygens (including phenoxy) is 1. The third-order valence-corrected chi connectivity index (χ3v) is 4.78. The van der Waals surface area contributed by atoms with Crippen LogP contribution >= 0.6 is 0 Å². The number of hydrogen-bond acceptors (Lipinski definition) is 6. The first-order chi connectivity index (χ1) is 15.0. The average Bonchev–Trinajstić information content (AvgIpc) is 3.27. The van der Waals surface area contributed by atoms with Gasteiger partial charge in [-0.05, 0) is 58.0 Å². The summed E-state index contributed by atoms with van der Waals surface area (Å²) in [6.45, 7) is 0. The summed E-state index contributed by atoms with van der Waals surface area (Å²) in [6.07, 6.45) is 3.47. The fraction of sp³-hybridized carbons (Fsp3) is 0.182. The molecule has 2 atom stereocenters. The van der Waals surface area contributed by atoms with Crippen LogP contribution in [-0.4, -0.2) is 43.5 Å². The summed E-state index contributed by atoms with van der Waals surface area (Å²) in [6, 6.07) is 11.6. The molecule has 0 aliphatic carbocycles. The molecule has 0 amide bonds. The van der Waals surface area contributed by atoms with E-state index in [9.17, 15) is 18.7 Å². The van der Waals surface area contributed by atoms with Crippen molar-refractivity contribution in [3.8, 4) is 0 Å². The van der Waals surface area contributed by atoms with E-state index in [1.54, 1.807) is 36.4 Å². The molecule has 9 heteroatoms. The number of nitrogens with zero attached hydrogens (tertiary/aromatic N) is 4. The van der Waals surface area contributed by atoms with Gasteiger partial charge in [-0.25, -0.2) is 8.78 Å². The number of halogens is 2. The van der Waals surface area contributed by atoms with Crippen LogP contribution in [0, 0.1) is 11.6 Å². The molecule has 1 aliphatic rings. The minimum atomic E-state index is -0.787. The molecular weight excluding hydrogens is 406 g/mol. The van der Waals surface area contributed by atoms with Crippen LogP contribution in [0.15, 0.2) is 67.0 Å². The van der Waals surface area contributed by atoms with Gasteiger partial charge >= 0.3 is 5.97 Å². The van der Waals surface area contributed by atoms with Crippen LogP contribution in [0.4, 0.5) is 8.78 Å². The van der Waals surface area contributed by atoms with Crippen LogP contribution in [0.3, 0.4) is 0 Å². The number of carbonyl (C=O) groups excluding carboxylic acids is 1. The first-order valence-corrected chi connectivity index (χ1v) is 9.55. The molecule has 1 N–H and O–H groups in total. The lowest BCUT2D eigenvalue weighted by Crippen LogP contribution is -2.31. The Morgan fingerprint density at radius 2 is 1.68 bits per heavy atom. The Kier molecular flexibility index (Phi) is 5.94. The van der Waals surface area contributed by atoms with E-state index >= 15 is 0 Å². The van der Waals surface area contributed by atoms with Gasteiger partial charge in [0.1, 0.15) is 24.1 Å². The van der Waals surface area contributed by atoms with Gasteiger partial charge < -0.3 is 9.84 Å². The second kappa shape index (κ2) is 8.97. The largest absolute Gasteiger partial charge is 0.458 e. The molecule has 2 heterocycles. The van der Waals surface area contributed by atoms with Crippen molar-refractivity contribution in [2.45, 2.75) is 25.0 Å². The molecule has 1 aliphatic heterocycles. The quantitative estimate of drug-likeness (QED) is 0.500. The first kappa shape index (κ1) is 20.5. The molecule has 2 aromatic carbocycles. The van der Waals surface area contributed by atoms with Gasteiger partial charge in [-0.2, -0.15) is 4.68 Å². The molecule has 1 saturated heterocycles. The lowest BCUT2D eigenvalue weighted by atomic mass is 9.95. The standard InChI is InChI=1S/C22H18F2N4O3/c23-16-5-1-14(2-6-16)22(15-3-7-17(24)8-4-15)20(28-13-25-26-27-28)10-9-19-11-18(29)12-21(30)31-19/h1-10,13,18-19,29H,11-12H2/t18-,19-/m0/s1. The molecule has 0 radical (unpaired) electrons. The Balaban J connectivity index is 1.86. The molecule has 0 unspecified atom stereocenters. The van der Waals surface area contributed by atoms with Gasteiger partial charge in [-0.15, -0.1) is 5.10 Å². The molecule has 158 valence electrons. The summed E-state index contributed by atoms with van der Waals surface area (Å²) >= 11 is 0. The van der Waals surface area contributed by atoms with Crippen LogP contribution in [0.25, 0.3) is 11.3 Å². The van der Waals surface area contributed by atoms with Crippen molar-refractivity contribution in [1.29, 1.82) is 0 Å². The minimum absolute atomic E-state index is 0.0452. The predicted octanol–water partition coefficient (Wildman–Crippen LogP) is 2.99. The maximum atomic E-state index is 13.6. The van der Waals surface area contributed by atoms with Gasteiger partial charge in [0, 0.05) is 12.0 Å². The van der Waals surface area contributed by atoms with Crippen molar-refractivity contribution in [3.05, 3.63) is 89.8 Å². The Morgan fingerprint density at radius 3 is 2.19 bits per heavy atom. The van der Waals surface area contributed by atoms with Crippen LogP contribution in [0.1, 0.15) is 24.0 Å². The van der Waals surface area contributed by atoms with Crippen LogP contribution in [0.5, 0.6) is 0 Å². The fourth-order valence-electron chi connectivity index (χ4n) is 3.37. The number of aliphatic hydroxyl groups excluding tert-OH is 1. The number of aliphatic hydroxyl groups is 1. The fourth-order valence-corrected chi connectivity index (χ4v) is 3.37. The van der Waals surface area contributed by atoms with E-state index in [-0.39, 0.29) is 12.8 Å². The number of allylic oxidation sites excluding steroid dienone is 2. The summed E-state index contributed by atoms with van der Waals surface area (Å²) in [7, 11) is 0. The normalized spacial score (nSPS) is 18.7. The van der Waals surface area contributed by atoms with E-state index in [1.807, 2.05) is 0 Å². The summed E-state index contributed by atoms with van der Waals surface area (Å²) in [5, 5.41) is 21.2. The topological polar surface area (TPSA) is 90.1 Å². The van der Waals surface area contributed by atoms with E-state index in [4.69, 9.17) is 4.74 Å². The van der Waals surface area contributed by atoms with E-state index in [2.05, 4.69) is 15.5 Å². The van der Waals surface area contributed by atoms with Gasteiger partial charge in [-0.1, -0.05) is 24.3 Å². The van der Waals surface area contributed by atoms with Gasteiger partial charge in [-0.3, -0.25) is 4.79 Å². The van der Waals surface area contributed by atoms with Crippen LogP contribution in [0.2, 0.25) is 0 Å². The summed E-state index contributed by atoms with van der Waals surface area (Å²) < 4.78 is 33.8. The van der Waals surface area contributed by atoms with Crippen molar-refractivity contribution in [2.75, 3.05) is 0 Å². The molecule has 1 aromatic heterocycles. The third kappa shape index (κ3) is 4.89. The van der Waals surface area contributed by atoms with Crippen molar-refractivity contribution >= 4 is 17.2 Å². The lowest BCUT2D eigenvalue weighted by Gasteiger charge is -2.23. The van der Waals surface area contributed by atoms with Crippen molar-refractivity contribution in [1.82, 2.24) is 20.2 Å². The van der Waals surface area contributed by atoms with Gasteiger partial charge in [0.15, 0.2) is 0 Å².